The van der Waals surface area contributed by atoms with E-state index in [-0.39, 0.29) is 17.9 Å². The van der Waals surface area contributed by atoms with E-state index < -0.39 is 0 Å². The number of carbonyl (C=O) groups is 2. The number of hydrogen-bond acceptors (Lipinski definition) is 4. The zero-order valence-electron chi connectivity index (χ0n) is 20.3. The molecule has 2 atom stereocenters. The Morgan fingerprint density at radius 1 is 1.09 bits per heavy atom. The van der Waals surface area contributed by atoms with Crippen molar-refractivity contribution in [2.75, 3.05) is 18.4 Å². The summed E-state index contributed by atoms with van der Waals surface area (Å²) in [6.45, 7) is 13.8. The monoisotopic (exact) mass is 447 g/mol. The van der Waals surface area contributed by atoms with E-state index in [1.165, 1.54) is 0 Å². The van der Waals surface area contributed by atoms with Gasteiger partial charge in [0, 0.05) is 35.8 Å². The number of nitrogens with one attached hydrogen (secondary N) is 1. The first-order chi connectivity index (χ1) is 15.6. The Hall–Kier alpha value is -3.22. The van der Waals surface area contributed by atoms with Crippen molar-refractivity contribution in [1.29, 1.82) is 0 Å². The fourth-order valence-electron chi connectivity index (χ4n) is 4.76. The van der Waals surface area contributed by atoms with E-state index in [0.717, 1.165) is 36.1 Å². The van der Waals surface area contributed by atoms with Gasteiger partial charge in [-0.25, -0.2) is 9.67 Å². The number of benzene rings is 1. The van der Waals surface area contributed by atoms with E-state index in [2.05, 4.69) is 29.2 Å². The lowest BCUT2D eigenvalue weighted by molar-refractivity contribution is 0.0623. The van der Waals surface area contributed by atoms with Gasteiger partial charge in [0.15, 0.2) is 5.65 Å². The number of aromatic nitrogens is 3. The van der Waals surface area contributed by atoms with Gasteiger partial charge in [0.05, 0.1) is 17.5 Å². The molecular formula is C26H33N5O2. The molecule has 0 radical (unpaired) electrons. The molecule has 0 saturated carbocycles. The number of hydrogen-bond donors (Lipinski definition) is 1. The van der Waals surface area contributed by atoms with Crippen LogP contribution in [0.3, 0.4) is 0 Å². The Kier molecular flexibility index (Phi) is 6.23. The third-order valence-corrected chi connectivity index (χ3v) is 6.38. The molecule has 174 valence electrons. The zero-order chi connectivity index (χ0) is 23.9. The molecule has 0 bridgehead atoms. The summed E-state index contributed by atoms with van der Waals surface area (Å²) in [7, 11) is 0. The van der Waals surface area contributed by atoms with Crippen molar-refractivity contribution >= 4 is 28.5 Å². The summed E-state index contributed by atoms with van der Waals surface area (Å²) in [5.74, 6) is 0.761. The van der Waals surface area contributed by atoms with Gasteiger partial charge < -0.3 is 10.2 Å². The lowest BCUT2D eigenvalue weighted by Gasteiger charge is -2.35. The van der Waals surface area contributed by atoms with Gasteiger partial charge in [-0.1, -0.05) is 19.9 Å². The van der Waals surface area contributed by atoms with Crippen LogP contribution in [0, 0.1) is 25.7 Å². The van der Waals surface area contributed by atoms with Gasteiger partial charge in [-0.2, -0.15) is 5.10 Å². The molecule has 3 aromatic rings. The summed E-state index contributed by atoms with van der Waals surface area (Å²) in [5, 5.41) is 8.23. The molecule has 2 unspecified atom stereocenters. The van der Waals surface area contributed by atoms with Gasteiger partial charge in [-0.15, -0.1) is 0 Å². The minimum atomic E-state index is -0.243. The molecule has 1 aliphatic rings. The fourth-order valence-corrected chi connectivity index (χ4v) is 4.76. The highest BCUT2D eigenvalue weighted by atomic mass is 16.2. The largest absolute Gasteiger partial charge is 0.338 e. The molecule has 7 nitrogen and oxygen atoms in total. The van der Waals surface area contributed by atoms with Crippen LogP contribution in [0.1, 0.15) is 72.1 Å². The third-order valence-electron chi connectivity index (χ3n) is 6.38. The van der Waals surface area contributed by atoms with E-state index >= 15 is 0 Å². The molecule has 4 rings (SSSR count). The van der Waals surface area contributed by atoms with Crippen molar-refractivity contribution in [3.8, 4) is 0 Å². The molecule has 2 amide bonds. The molecule has 0 spiro atoms. The van der Waals surface area contributed by atoms with Crippen LogP contribution in [-0.4, -0.2) is 44.6 Å². The average Bonchev–Trinajstić information content (AvgIpc) is 3.16. The average molecular weight is 448 g/mol. The van der Waals surface area contributed by atoms with Crippen LogP contribution >= 0.6 is 0 Å². The van der Waals surface area contributed by atoms with Gasteiger partial charge in [-0.05, 0) is 69.7 Å². The highest BCUT2D eigenvalue weighted by molar-refractivity contribution is 6.07. The van der Waals surface area contributed by atoms with Crippen LogP contribution in [0.2, 0.25) is 0 Å². The lowest BCUT2D eigenvalue weighted by atomic mass is 9.91. The molecule has 3 heterocycles. The van der Waals surface area contributed by atoms with E-state index in [4.69, 9.17) is 0 Å². The SMILES string of the molecule is Cc1ccc(C(=O)N2CC(C)CC(C)C2)cc1NC(=O)c1cc2cnn(C(C)C)c2nc1C. The zero-order valence-corrected chi connectivity index (χ0v) is 20.3. The van der Waals surface area contributed by atoms with Crippen molar-refractivity contribution in [3.05, 3.63) is 52.8 Å². The number of likely N-dealkylation sites (tertiary alicyclic amines) is 1. The molecule has 0 aliphatic carbocycles. The van der Waals surface area contributed by atoms with E-state index in [0.29, 0.717) is 34.3 Å². The number of rotatable bonds is 4. The summed E-state index contributed by atoms with van der Waals surface area (Å²) in [4.78, 5) is 32.9. The number of piperidine rings is 1. The molecule has 1 aromatic carbocycles. The maximum absolute atomic E-state index is 13.2. The number of amides is 2. The highest BCUT2D eigenvalue weighted by Gasteiger charge is 2.26. The van der Waals surface area contributed by atoms with Crippen molar-refractivity contribution in [2.45, 2.75) is 54.0 Å². The molecule has 2 aromatic heterocycles. The summed E-state index contributed by atoms with van der Waals surface area (Å²) in [5.41, 5.74) is 4.05. The van der Waals surface area contributed by atoms with Crippen molar-refractivity contribution in [2.24, 2.45) is 11.8 Å². The van der Waals surface area contributed by atoms with E-state index in [1.807, 2.05) is 55.5 Å². The number of aryl methyl sites for hydroxylation is 2. The number of anilines is 1. The Labute approximate surface area is 195 Å². The molecule has 1 saturated heterocycles. The van der Waals surface area contributed by atoms with E-state index in [1.54, 1.807) is 12.3 Å². The number of pyridine rings is 1. The first-order valence-electron chi connectivity index (χ1n) is 11.7. The summed E-state index contributed by atoms with van der Waals surface area (Å²) in [6.07, 6.45) is 2.89. The van der Waals surface area contributed by atoms with Crippen molar-refractivity contribution < 1.29 is 9.59 Å². The van der Waals surface area contributed by atoms with Gasteiger partial charge in [-0.3, -0.25) is 9.59 Å². The van der Waals surface area contributed by atoms with Crippen LogP contribution in [0.4, 0.5) is 5.69 Å². The Morgan fingerprint density at radius 2 is 1.79 bits per heavy atom. The smallest absolute Gasteiger partial charge is 0.257 e. The second-order valence-corrected chi connectivity index (χ2v) is 9.86. The minimum absolute atomic E-state index is 0.0178. The summed E-state index contributed by atoms with van der Waals surface area (Å²) >= 11 is 0. The number of fused-ring (bicyclic) bond motifs is 1. The minimum Gasteiger partial charge on any atom is -0.338 e. The number of carbonyl (C=O) groups excluding carboxylic acids is 2. The predicted octanol–water partition coefficient (Wildman–Crippen LogP) is 5.00. The van der Waals surface area contributed by atoms with E-state index in [9.17, 15) is 9.59 Å². The molecule has 1 fully saturated rings. The molecule has 1 N–H and O–H groups in total. The van der Waals surface area contributed by atoms with Gasteiger partial charge in [0.1, 0.15) is 0 Å². The maximum Gasteiger partial charge on any atom is 0.257 e. The van der Waals surface area contributed by atoms with Crippen LogP contribution in [0.5, 0.6) is 0 Å². The standard InChI is InChI=1S/C26H33N5O2/c1-15(2)31-24-21(12-27-31)10-22(19(6)28-24)25(32)29-23-11-20(8-7-18(23)5)26(33)30-13-16(3)9-17(4)14-30/h7-8,10-12,15-17H,9,13-14H2,1-6H3,(H,29,32). The molecule has 7 heteroatoms. The Bertz CT molecular complexity index is 1200. The maximum atomic E-state index is 13.2. The summed E-state index contributed by atoms with van der Waals surface area (Å²) in [6, 6.07) is 7.54. The first-order valence-corrected chi connectivity index (χ1v) is 11.7. The van der Waals surface area contributed by atoms with Crippen LogP contribution < -0.4 is 5.32 Å². The molecule has 33 heavy (non-hydrogen) atoms. The quantitative estimate of drug-likeness (QED) is 0.610. The highest BCUT2D eigenvalue weighted by Crippen LogP contribution is 2.25. The first kappa shape index (κ1) is 23.0. The fraction of sp³-hybridized carbons (Fsp3) is 0.462. The third kappa shape index (κ3) is 4.63. The molecule has 1 aliphatic heterocycles. The Balaban J connectivity index is 1.58. The topological polar surface area (TPSA) is 80.1 Å². The second-order valence-electron chi connectivity index (χ2n) is 9.86. The van der Waals surface area contributed by atoms with Crippen LogP contribution in [0.15, 0.2) is 30.5 Å². The predicted molar refractivity (Wildman–Crippen MR) is 131 cm³/mol. The second kappa shape index (κ2) is 8.96. The van der Waals surface area contributed by atoms with Crippen molar-refractivity contribution in [1.82, 2.24) is 19.7 Å². The van der Waals surface area contributed by atoms with Gasteiger partial charge in [0.2, 0.25) is 0 Å². The van der Waals surface area contributed by atoms with Gasteiger partial charge in [0.25, 0.3) is 11.8 Å². The normalized spacial score (nSPS) is 18.7. The lowest BCUT2D eigenvalue weighted by Crippen LogP contribution is -2.42. The van der Waals surface area contributed by atoms with Gasteiger partial charge >= 0.3 is 0 Å². The van der Waals surface area contributed by atoms with Crippen LogP contribution in [-0.2, 0) is 0 Å². The Morgan fingerprint density at radius 3 is 2.45 bits per heavy atom. The summed E-state index contributed by atoms with van der Waals surface area (Å²) < 4.78 is 1.85. The number of nitrogens with zero attached hydrogens (tertiary/aromatic N) is 4. The van der Waals surface area contributed by atoms with Crippen LogP contribution in [0.25, 0.3) is 11.0 Å². The van der Waals surface area contributed by atoms with Crippen molar-refractivity contribution in [3.63, 3.8) is 0 Å². The molecular weight excluding hydrogens is 414 g/mol.